The van der Waals surface area contributed by atoms with Crippen LogP contribution in [0.1, 0.15) is 30.6 Å². The Bertz CT molecular complexity index is 919. The van der Waals surface area contributed by atoms with E-state index in [1.54, 1.807) is 36.5 Å². The van der Waals surface area contributed by atoms with Crippen molar-refractivity contribution < 1.29 is 9.59 Å². The van der Waals surface area contributed by atoms with Crippen molar-refractivity contribution in [3.63, 3.8) is 0 Å². The minimum atomic E-state index is -1.01. The number of anilines is 3. The number of hydrogen-bond acceptors (Lipinski definition) is 6. The fourth-order valence-electron chi connectivity index (χ4n) is 3.13. The highest BCUT2D eigenvalue weighted by Gasteiger charge is 2.50. The monoisotopic (exact) mass is 364 g/mol. The lowest BCUT2D eigenvalue weighted by Crippen LogP contribution is -2.37. The minimum absolute atomic E-state index is 0.0804. The number of hydrogen-bond donors (Lipinski definition) is 2. The molecule has 1 aromatic carbocycles. The number of benzene rings is 1. The molecule has 8 heteroatoms. The zero-order chi connectivity index (χ0) is 19.6. The number of nitrogens with zero attached hydrogens (tertiary/aromatic N) is 4. The number of primary amides is 1. The van der Waals surface area contributed by atoms with Crippen LogP contribution in [0.5, 0.6) is 0 Å². The molecule has 0 saturated carbocycles. The maximum absolute atomic E-state index is 12.9. The number of nitrogens with two attached hydrogens (primary N) is 1. The molecule has 0 unspecified atom stereocenters. The Morgan fingerprint density at radius 2 is 2.04 bits per heavy atom. The largest absolute Gasteiger partial charge is 0.366 e. The Labute approximate surface area is 157 Å². The maximum atomic E-state index is 12.9. The molecule has 27 heavy (non-hydrogen) atoms. The van der Waals surface area contributed by atoms with E-state index in [0.29, 0.717) is 36.0 Å². The van der Waals surface area contributed by atoms with Crippen LogP contribution >= 0.6 is 0 Å². The summed E-state index contributed by atoms with van der Waals surface area (Å²) in [5, 5.41) is 12.6. The van der Waals surface area contributed by atoms with Gasteiger partial charge in [0.2, 0.25) is 17.8 Å². The van der Waals surface area contributed by atoms with Crippen molar-refractivity contribution in [2.45, 2.75) is 20.3 Å². The van der Waals surface area contributed by atoms with Crippen molar-refractivity contribution in [3.05, 3.63) is 42.1 Å². The van der Waals surface area contributed by atoms with Gasteiger partial charge in [-0.2, -0.15) is 10.2 Å². The van der Waals surface area contributed by atoms with Crippen LogP contribution in [0.15, 0.2) is 36.5 Å². The molecule has 1 atom stereocenters. The molecular formula is C19H20N6O2. The predicted molar refractivity (Wildman–Crippen MR) is 100 cm³/mol. The molecule has 0 bridgehead atoms. The first kappa shape index (κ1) is 18.3. The first-order valence-corrected chi connectivity index (χ1v) is 8.60. The van der Waals surface area contributed by atoms with Crippen LogP contribution in [0.25, 0.3) is 0 Å². The second-order valence-corrected chi connectivity index (χ2v) is 6.75. The molecule has 1 aliphatic heterocycles. The molecule has 1 aromatic heterocycles. The molecule has 3 N–H and O–H groups in total. The van der Waals surface area contributed by atoms with E-state index in [9.17, 15) is 14.9 Å². The van der Waals surface area contributed by atoms with Gasteiger partial charge in [-0.1, -0.05) is 13.8 Å². The summed E-state index contributed by atoms with van der Waals surface area (Å²) in [6.07, 6.45) is 2.03. The predicted octanol–water partition coefficient (Wildman–Crippen LogP) is 2.22. The summed E-state index contributed by atoms with van der Waals surface area (Å²) in [6, 6.07) is 10.4. The van der Waals surface area contributed by atoms with Crippen molar-refractivity contribution in [1.82, 2.24) is 9.97 Å². The van der Waals surface area contributed by atoms with Gasteiger partial charge >= 0.3 is 0 Å². The maximum Gasteiger partial charge on any atom is 0.248 e. The van der Waals surface area contributed by atoms with Crippen LogP contribution in [0, 0.1) is 22.7 Å². The van der Waals surface area contributed by atoms with Crippen LogP contribution in [-0.2, 0) is 4.79 Å². The second kappa shape index (κ2) is 7.03. The zero-order valence-electron chi connectivity index (χ0n) is 15.1. The third-order valence-electron chi connectivity index (χ3n) is 4.88. The fourth-order valence-corrected chi connectivity index (χ4v) is 3.13. The molecule has 0 spiro atoms. The average Bonchev–Trinajstić information content (AvgIpc) is 3.00. The third-order valence-corrected chi connectivity index (χ3v) is 4.88. The van der Waals surface area contributed by atoms with E-state index in [0.717, 1.165) is 0 Å². The van der Waals surface area contributed by atoms with Crippen LogP contribution < -0.4 is 16.0 Å². The van der Waals surface area contributed by atoms with E-state index in [-0.39, 0.29) is 11.8 Å². The Balaban J connectivity index is 1.81. The van der Waals surface area contributed by atoms with Gasteiger partial charge in [0.15, 0.2) is 0 Å². The van der Waals surface area contributed by atoms with Crippen LogP contribution in [-0.4, -0.2) is 28.3 Å². The fraction of sp³-hybridized carbons (Fsp3) is 0.316. The molecular weight excluding hydrogens is 344 g/mol. The molecule has 2 aromatic rings. The summed E-state index contributed by atoms with van der Waals surface area (Å²) >= 11 is 0. The van der Waals surface area contributed by atoms with Crippen molar-refractivity contribution >= 4 is 29.3 Å². The van der Waals surface area contributed by atoms with E-state index in [2.05, 4.69) is 21.4 Å². The number of nitrogens with one attached hydrogen (secondary N) is 1. The van der Waals surface area contributed by atoms with E-state index >= 15 is 0 Å². The van der Waals surface area contributed by atoms with Gasteiger partial charge < -0.3 is 11.1 Å². The average molecular weight is 364 g/mol. The van der Waals surface area contributed by atoms with Gasteiger partial charge in [0.05, 0.1) is 6.07 Å². The Hall–Kier alpha value is -3.47. The van der Waals surface area contributed by atoms with Gasteiger partial charge in [0.25, 0.3) is 0 Å². The molecule has 1 aliphatic rings. The van der Waals surface area contributed by atoms with E-state index < -0.39 is 11.3 Å². The standard InChI is InChI=1S/C19H20N6O2/c1-12(2)19(11-20)8-10-25(17(19)27)15-7-9-22-18(24-15)23-14-5-3-13(4-6-14)16(21)26/h3-7,9,12H,8,10H2,1-2H3,(H2,21,26)(H,22,23,24)/t19-/m1/s1. The summed E-state index contributed by atoms with van der Waals surface area (Å²) in [5.74, 6) is -0.0488. The zero-order valence-corrected chi connectivity index (χ0v) is 15.1. The lowest BCUT2D eigenvalue weighted by molar-refractivity contribution is -0.124. The highest BCUT2D eigenvalue weighted by molar-refractivity contribution is 6.01. The lowest BCUT2D eigenvalue weighted by Gasteiger charge is -2.24. The molecule has 1 saturated heterocycles. The summed E-state index contributed by atoms with van der Waals surface area (Å²) in [4.78, 5) is 34.1. The first-order chi connectivity index (χ1) is 12.9. The van der Waals surface area contributed by atoms with E-state index in [1.807, 2.05) is 13.8 Å². The van der Waals surface area contributed by atoms with Gasteiger partial charge in [-0.25, -0.2) is 4.98 Å². The summed E-state index contributed by atoms with van der Waals surface area (Å²) in [6.45, 7) is 4.20. The smallest absolute Gasteiger partial charge is 0.248 e. The van der Waals surface area contributed by atoms with Crippen molar-refractivity contribution in [1.29, 1.82) is 5.26 Å². The van der Waals surface area contributed by atoms with Gasteiger partial charge in [-0.05, 0) is 42.7 Å². The quantitative estimate of drug-likeness (QED) is 0.838. The second-order valence-electron chi connectivity index (χ2n) is 6.75. The van der Waals surface area contributed by atoms with E-state index in [1.165, 1.54) is 4.90 Å². The molecule has 8 nitrogen and oxygen atoms in total. The molecule has 1 fully saturated rings. The molecule has 2 amide bonds. The van der Waals surface area contributed by atoms with Crippen molar-refractivity contribution in [3.8, 4) is 6.07 Å². The third kappa shape index (κ3) is 3.31. The Kier molecular flexibility index (Phi) is 4.77. The molecule has 2 heterocycles. The highest BCUT2D eigenvalue weighted by Crippen LogP contribution is 2.40. The molecule has 138 valence electrons. The van der Waals surface area contributed by atoms with Gasteiger partial charge in [0, 0.05) is 24.0 Å². The topological polar surface area (TPSA) is 125 Å². The number of amides is 2. The molecule has 3 rings (SSSR count). The number of carbonyl (C=O) groups is 2. The summed E-state index contributed by atoms with van der Waals surface area (Å²) in [7, 11) is 0. The van der Waals surface area contributed by atoms with Gasteiger partial charge in [-0.3, -0.25) is 14.5 Å². The van der Waals surface area contributed by atoms with Gasteiger partial charge in [0.1, 0.15) is 11.2 Å². The summed E-state index contributed by atoms with van der Waals surface area (Å²) < 4.78 is 0. The number of nitriles is 1. The number of rotatable bonds is 5. The summed E-state index contributed by atoms with van der Waals surface area (Å²) in [5.41, 5.74) is 5.30. The van der Waals surface area contributed by atoms with Crippen LogP contribution in [0.3, 0.4) is 0 Å². The van der Waals surface area contributed by atoms with Crippen molar-refractivity contribution in [2.75, 3.05) is 16.8 Å². The Morgan fingerprint density at radius 3 is 2.59 bits per heavy atom. The van der Waals surface area contributed by atoms with E-state index in [4.69, 9.17) is 5.73 Å². The minimum Gasteiger partial charge on any atom is -0.366 e. The number of aromatic nitrogens is 2. The molecule has 0 radical (unpaired) electrons. The van der Waals surface area contributed by atoms with Crippen LogP contribution in [0.2, 0.25) is 0 Å². The Morgan fingerprint density at radius 1 is 1.33 bits per heavy atom. The van der Waals surface area contributed by atoms with Gasteiger partial charge in [-0.15, -0.1) is 0 Å². The number of carbonyl (C=O) groups excluding carboxylic acids is 2. The van der Waals surface area contributed by atoms with Crippen LogP contribution in [0.4, 0.5) is 17.5 Å². The molecule has 0 aliphatic carbocycles. The SMILES string of the molecule is CC(C)[C@]1(C#N)CCN(c2ccnc(Nc3ccc(C(N)=O)cc3)n2)C1=O. The van der Waals surface area contributed by atoms with Crippen molar-refractivity contribution in [2.24, 2.45) is 17.1 Å². The lowest BCUT2D eigenvalue weighted by atomic mass is 9.77. The first-order valence-electron chi connectivity index (χ1n) is 8.60. The normalized spacial score (nSPS) is 19.2. The highest BCUT2D eigenvalue weighted by atomic mass is 16.2.